The molecule has 0 bridgehead atoms. The fourth-order valence-electron chi connectivity index (χ4n) is 3.94. The van der Waals surface area contributed by atoms with E-state index in [4.69, 9.17) is 4.74 Å². The lowest BCUT2D eigenvalue weighted by atomic mass is 9.98. The predicted molar refractivity (Wildman–Crippen MR) is 121 cm³/mol. The van der Waals surface area contributed by atoms with Crippen LogP contribution in [-0.4, -0.2) is 40.5 Å². The zero-order valence-electron chi connectivity index (χ0n) is 16.7. The first-order chi connectivity index (χ1) is 15.0. The fourth-order valence-corrected chi connectivity index (χ4v) is 4.32. The third kappa shape index (κ3) is 4.79. The number of pyridine rings is 1. The molecule has 6 nitrogen and oxygen atoms in total. The van der Waals surface area contributed by atoms with Gasteiger partial charge in [0, 0.05) is 34.9 Å². The smallest absolute Gasteiger partial charge is 0.407 e. The molecule has 1 aliphatic carbocycles. The topological polar surface area (TPSA) is 91.7 Å². The molecular weight excluding hydrogens is 460 g/mol. The standard InChI is InChI=1S/C24H23BrN2O4/c25-16-11-15(12-26-13-16)23(29)22(28)9-10-27-24(30)31-14-21-19-7-3-1-5-17(19)18-6-2-4-8-20(18)21/h1-8,11-13,21-23,28-29H,9-10,14H2,(H,27,30). The number of amides is 1. The number of carbonyl (C=O) groups is 1. The van der Waals surface area contributed by atoms with Crippen LogP contribution in [0, 0.1) is 0 Å². The van der Waals surface area contributed by atoms with Crippen LogP contribution in [0.1, 0.15) is 35.1 Å². The molecule has 1 aliphatic rings. The second-order valence-electron chi connectivity index (χ2n) is 7.49. The van der Waals surface area contributed by atoms with Crippen molar-refractivity contribution >= 4 is 22.0 Å². The Kier molecular flexibility index (Phi) is 6.65. The lowest BCUT2D eigenvalue weighted by Gasteiger charge is -2.18. The summed E-state index contributed by atoms with van der Waals surface area (Å²) in [6.07, 6.45) is 0.601. The number of fused-ring (bicyclic) bond motifs is 3. The van der Waals surface area contributed by atoms with Gasteiger partial charge >= 0.3 is 6.09 Å². The maximum absolute atomic E-state index is 12.2. The number of nitrogens with one attached hydrogen (secondary N) is 1. The van der Waals surface area contributed by atoms with Crippen molar-refractivity contribution in [3.63, 3.8) is 0 Å². The van der Waals surface area contributed by atoms with Gasteiger partial charge in [0.2, 0.25) is 0 Å². The first-order valence-electron chi connectivity index (χ1n) is 10.1. The van der Waals surface area contributed by atoms with Crippen molar-refractivity contribution in [3.8, 4) is 11.1 Å². The zero-order valence-corrected chi connectivity index (χ0v) is 18.3. The molecule has 3 N–H and O–H groups in total. The molecule has 0 spiro atoms. The molecule has 2 aromatic carbocycles. The SMILES string of the molecule is O=C(NCCC(O)C(O)c1cncc(Br)c1)OCC1c2ccccc2-c2ccccc21. The number of nitrogens with zero attached hydrogens (tertiary/aromatic N) is 1. The molecule has 160 valence electrons. The van der Waals surface area contributed by atoms with E-state index in [1.807, 2.05) is 24.3 Å². The largest absolute Gasteiger partial charge is 0.449 e. The molecule has 31 heavy (non-hydrogen) atoms. The van der Waals surface area contributed by atoms with E-state index in [0.29, 0.717) is 10.0 Å². The van der Waals surface area contributed by atoms with Crippen molar-refractivity contribution in [2.45, 2.75) is 24.5 Å². The van der Waals surface area contributed by atoms with E-state index in [0.717, 1.165) is 11.1 Å². The number of aliphatic hydroxyl groups excluding tert-OH is 2. The van der Waals surface area contributed by atoms with Gasteiger partial charge in [-0.2, -0.15) is 0 Å². The number of aromatic nitrogens is 1. The van der Waals surface area contributed by atoms with Crippen LogP contribution < -0.4 is 5.32 Å². The molecule has 4 rings (SSSR count). The van der Waals surface area contributed by atoms with E-state index < -0.39 is 18.3 Å². The molecule has 0 aliphatic heterocycles. The number of hydrogen-bond donors (Lipinski definition) is 3. The van der Waals surface area contributed by atoms with Crippen LogP contribution >= 0.6 is 15.9 Å². The van der Waals surface area contributed by atoms with E-state index in [9.17, 15) is 15.0 Å². The summed E-state index contributed by atoms with van der Waals surface area (Å²) in [6, 6.07) is 18.0. The summed E-state index contributed by atoms with van der Waals surface area (Å²) in [6.45, 7) is 0.408. The predicted octanol–water partition coefficient (Wildman–Crippen LogP) is 4.17. The number of carbonyl (C=O) groups excluding carboxylic acids is 1. The van der Waals surface area contributed by atoms with Gasteiger partial charge in [-0.25, -0.2) is 4.79 Å². The van der Waals surface area contributed by atoms with Crippen molar-refractivity contribution in [2.75, 3.05) is 13.2 Å². The first-order valence-corrected chi connectivity index (χ1v) is 10.9. The summed E-state index contributed by atoms with van der Waals surface area (Å²) < 4.78 is 6.19. The van der Waals surface area contributed by atoms with Crippen LogP contribution in [0.5, 0.6) is 0 Å². The molecule has 1 heterocycles. The summed E-state index contributed by atoms with van der Waals surface area (Å²) in [7, 11) is 0. The van der Waals surface area contributed by atoms with E-state index in [1.165, 1.54) is 17.3 Å². The first kappa shape index (κ1) is 21.5. The number of hydrogen-bond acceptors (Lipinski definition) is 5. The lowest BCUT2D eigenvalue weighted by molar-refractivity contribution is 0.0134. The van der Waals surface area contributed by atoms with E-state index in [1.54, 1.807) is 12.3 Å². The van der Waals surface area contributed by atoms with Crippen LogP contribution in [0.25, 0.3) is 11.1 Å². The Hall–Kier alpha value is -2.74. The van der Waals surface area contributed by atoms with Crippen molar-refractivity contribution in [1.82, 2.24) is 10.3 Å². The van der Waals surface area contributed by atoms with Crippen LogP contribution in [0.2, 0.25) is 0 Å². The Morgan fingerprint density at radius 3 is 2.35 bits per heavy atom. The Labute approximate surface area is 189 Å². The number of benzene rings is 2. The Balaban J connectivity index is 1.28. The average Bonchev–Trinajstić information content (AvgIpc) is 3.11. The minimum absolute atomic E-state index is 0.00501. The van der Waals surface area contributed by atoms with Crippen molar-refractivity contribution in [1.29, 1.82) is 0 Å². The molecule has 0 radical (unpaired) electrons. The number of halogens is 1. The van der Waals surface area contributed by atoms with Gasteiger partial charge in [0.05, 0.1) is 6.10 Å². The van der Waals surface area contributed by atoms with E-state index in [2.05, 4.69) is 50.5 Å². The molecule has 3 aromatic rings. The molecule has 2 atom stereocenters. The molecular formula is C24H23BrN2O4. The molecule has 1 amide bonds. The Morgan fingerprint density at radius 2 is 1.71 bits per heavy atom. The highest BCUT2D eigenvalue weighted by molar-refractivity contribution is 9.10. The van der Waals surface area contributed by atoms with E-state index in [-0.39, 0.29) is 25.5 Å². The third-order valence-corrected chi connectivity index (χ3v) is 5.92. The second-order valence-corrected chi connectivity index (χ2v) is 8.41. The molecule has 1 aromatic heterocycles. The van der Waals surface area contributed by atoms with Gasteiger partial charge in [0.15, 0.2) is 0 Å². The highest BCUT2D eigenvalue weighted by Gasteiger charge is 2.29. The second kappa shape index (κ2) is 9.60. The third-order valence-electron chi connectivity index (χ3n) is 5.49. The van der Waals surface area contributed by atoms with Crippen LogP contribution in [0.3, 0.4) is 0 Å². The molecule has 0 fully saturated rings. The van der Waals surface area contributed by atoms with Crippen LogP contribution in [-0.2, 0) is 4.74 Å². The highest BCUT2D eigenvalue weighted by atomic mass is 79.9. The normalized spacial score (nSPS) is 14.4. The van der Waals surface area contributed by atoms with Gasteiger partial charge in [0.1, 0.15) is 12.7 Å². The number of aliphatic hydroxyl groups is 2. The quantitative estimate of drug-likeness (QED) is 0.470. The molecule has 7 heteroatoms. The van der Waals surface area contributed by atoms with E-state index >= 15 is 0 Å². The maximum atomic E-state index is 12.2. The summed E-state index contributed by atoms with van der Waals surface area (Å²) in [5, 5.41) is 23.1. The Bertz CT molecular complexity index is 1030. The van der Waals surface area contributed by atoms with Gasteiger partial charge in [0.25, 0.3) is 0 Å². The minimum Gasteiger partial charge on any atom is -0.449 e. The summed E-state index contributed by atoms with van der Waals surface area (Å²) in [5.74, 6) is -0.00501. The number of alkyl carbamates (subject to hydrolysis) is 1. The number of rotatable bonds is 7. The molecule has 0 saturated heterocycles. The average molecular weight is 483 g/mol. The van der Waals surface area contributed by atoms with Crippen LogP contribution in [0.15, 0.2) is 71.5 Å². The monoisotopic (exact) mass is 482 g/mol. The van der Waals surface area contributed by atoms with Gasteiger partial charge in [-0.05, 0) is 50.7 Å². The van der Waals surface area contributed by atoms with Gasteiger partial charge < -0.3 is 20.3 Å². The van der Waals surface area contributed by atoms with Crippen molar-refractivity contribution in [2.24, 2.45) is 0 Å². The fraction of sp³-hybridized carbons (Fsp3) is 0.250. The van der Waals surface area contributed by atoms with Gasteiger partial charge in [-0.15, -0.1) is 0 Å². The maximum Gasteiger partial charge on any atom is 0.407 e. The van der Waals surface area contributed by atoms with Crippen molar-refractivity contribution in [3.05, 3.63) is 88.2 Å². The zero-order chi connectivity index (χ0) is 21.8. The van der Waals surface area contributed by atoms with Gasteiger partial charge in [-0.3, -0.25) is 4.98 Å². The Morgan fingerprint density at radius 1 is 1.06 bits per heavy atom. The van der Waals surface area contributed by atoms with Crippen molar-refractivity contribution < 1.29 is 19.7 Å². The highest BCUT2D eigenvalue weighted by Crippen LogP contribution is 2.44. The minimum atomic E-state index is -1.09. The molecule has 0 saturated carbocycles. The number of ether oxygens (including phenoxy) is 1. The van der Waals surface area contributed by atoms with Gasteiger partial charge in [-0.1, -0.05) is 48.5 Å². The lowest BCUT2D eigenvalue weighted by Crippen LogP contribution is -2.30. The van der Waals surface area contributed by atoms with Crippen LogP contribution in [0.4, 0.5) is 4.79 Å². The summed E-state index contributed by atoms with van der Waals surface area (Å²) in [4.78, 5) is 16.2. The molecule has 2 unspecified atom stereocenters. The summed E-state index contributed by atoms with van der Waals surface area (Å²) in [5.41, 5.74) is 5.15. The summed E-state index contributed by atoms with van der Waals surface area (Å²) >= 11 is 3.29.